The fourth-order valence-electron chi connectivity index (χ4n) is 3.75. The fraction of sp³-hybridized carbons (Fsp3) is 1.00. The van der Waals surface area contributed by atoms with Crippen molar-refractivity contribution in [2.75, 3.05) is 19.6 Å². The third-order valence-corrected chi connectivity index (χ3v) is 4.92. The summed E-state index contributed by atoms with van der Waals surface area (Å²) in [5.41, 5.74) is 0. The molecule has 0 amide bonds. The zero-order valence-corrected chi connectivity index (χ0v) is 10.1. The lowest BCUT2D eigenvalue weighted by Gasteiger charge is -2.30. The SMILES string of the molecule is CC(CC1CC1)N1CC2CNCC2C1C. The Morgan fingerprint density at radius 1 is 1.33 bits per heavy atom. The Bertz CT molecular complexity index is 237. The molecule has 2 heterocycles. The van der Waals surface area contributed by atoms with Crippen LogP contribution in [0.3, 0.4) is 0 Å². The van der Waals surface area contributed by atoms with Crippen LogP contribution in [0.5, 0.6) is 0 Å². The largest absolute Gasteiger partial charge is 0.316 e. The average molecular weight is 208 g/mol. The van der Waals surface area contributed by atoms with Gasteiger partial charge in [0.05, 0.1) is 0 Å². The zero-order valence-electron chi connectivity index (χ0n) is 10.1. The van der Waals surface area contributed by atoms with Crippen molar-refractivity contribution in [2.24, 2.45) is 17.8 Å². The second-order valence-electron chi connectivity index (χ2n) is 6.05. The van der Waals surface area contributed by atoms with Crippen LogP contribution >= 0.6 is 0 Å². The van der Waals surface area contributed by atoms with Gasteiger partial charge in [0.25, 0.3) is 0 Å². The third kappa shape index (κ3) is 1.83. The van der Waals surface area contributed by atoms with Gasteiger partial charge in [-0.05, 0) is 51.1 Å². The smallest absolute Gasteiger partial charge is 0.0114 e. The van der Waals surface area contributed by atoms with Gasteiger partial charge in [-0.2, -0.15) is 0 Å². The molecule has 2 heteroatoms. The minimum absolute atomic E-state index is 0.818. The first-order valence-corrected chi connectivity index (χ1v) is 6.72. The average Bonchev–Trinajstić information content (AvgIpc) is 2.80. The van der Waals surface area contributed by atoms with Crippen molar-refractivity contribution in [3.05, 3.63) is 0 Å². The van der Waals surface area contributed by atoms with E-state index >= 15 is 0 Å². The van der Waals surface area contributed by atoms with E-state index in [-0.39, 0.29) is 0 Å². The lowest BCUT2D eigenvalue weighted by atomic mass is 9.95. The lowest BCUT2D eigenvalue weighted by Crippen LogP contribution is -2.39. The Morgan fingerprint density at radius 2 is 2.13 bits per heavy atom. The number of hydrogen-bond acceptors (Lipinski definition) is 2. The number of hydrogen-bond donors (Lipinski definition) is 1. The van der Waals surface area contributed by atoms with Gasteiger partial charge in [0, 0.05) is 18.6 Å². The molecule has 15 heavy (non-hydrogen) atoms. The van der Waals surface area contributed by atoms with Crippen molar-refractivity contribution in [1.82, 2.24) is 10.2 Å². The van der Waals surface area contributed by atoms with E-state index in [0.717, 1.165) is 29.8 Å². The van der Waals surface area contributed by atoms with Crippen LogP contribution in [0.1, 0.15) is 33.1 Å². The van der Waals surface area contributed by atoms with Crippen LogP contribution in [-0.2, 0) is 0 Å². The Hall–Kier alpha value is -0.0800. The number of fused-ring (bicyclic) bond motifs is 1. The summed E-state index contributed by atoms with van der Waals surface area (Å²) < 4.78 is 0. The second kappa shape index (κ2) is 3.74. The van der Waals surface area contributed by atoms with E-state index in [0.29, 0.717) is 0 Å². The van der Waals surface area contributed by atoms with Crippen LogP contribution in [-0.4, -0.2) is 36.6 Å². The lowest BCUT2D eigenvalue weighted by molar-refractivity contribution is 0.168. The molecule has 3 rings (SSSR count). The van der Waals surface area contributed by atoms with Gasteiger partial charge in [0.2, 0.25) is 0 Å². The van der Waals surface area contributed by atoms with Crippen molar-refractivity contribution >= 4 is 0 Å². The molecule has 0 aromatic carbocycles. The molecular weight excluding hydrogens is 184 g/mol. The van der Waals surface area contributed by atoms with E-state index in [1.807, 2.05) is 0 Å². The highest BCUT2D eigenvalue weighted by Crippen LogP contribution is 2.39. The van der Waals surface area contributed by atoms with Gasteiger partial charge in [-0.15, -0.1) is 0 Å². The molecule has 2 nitrogen and oxygen atoms in total. The Balaban J connectivity index is 1.61. The summed E-state index contributed by atoms with van der Waals surface area (Å²) in [6.45, 7) is 8.78. The summed E-state index contributed by atoms with van der Waals surface area (Å²) >= 11 is 0. The van der Waals surface area contributed by atoms with Gasteiger partial charge in [-0.25, -0.2) is 0 Å². The van der Waals surface area contributed by atoms with Crippen molar-refractivity contribution < 1.29 is 0 Å². The Labute approximate surface area is 93.4 Å². The molecule has 0 bridgehead atoms. The van der Waals surface area contributed by atoms with Crippen molar-refractivity contribution in [3.8, 4) is 0 Å². The number of likely N-dealkylation sites (tertiary alicyclic amines) is 1. The third-order valence-electron chi connectivity index (χ3n) is 4.92. The maximum absolute atomic E-state index is 3.54. The predicted molar refractivity (Wildman–Crippen MR) is 62.8 cm³/mol. The molecule has 4 atom stereocenters. The summed E-state index contributed by atoms with van der Waals surface area (Å²) in [6, 6.07) is 1.65. The highest BCUT2D eigenvalue weighted by atomic mass is 15.2. The van der Waals surface area contributed by atoms with Gasteiger partial charge in [-0.3, -0.25) is 4.90 Å². The molecule has 0 aromatic heterocycles. The maximum Gasteiger partial charge on any atom is 0.0114 e. The molecule has 1 saturated carbocycles. The highest BCUT2D eigenvalue weighted by molar-refractivity contribution is 4.98. The molecule has 2 saturated heterocycles. The number of rotatable bonds is 3. The molecule has 1 N–H and O–H groups in total. The van der Waals surface area contributed by atoms with Crippen molar-refractivity contribution in [2.45, 2.75) is 45.2 Å². The van der Waals surface area contributed by atoms with Gasteiger partial charge < -0.3 is 5.32 Å². The predicted octanol–water partition coefficient (Wildman–Crippen LogP) is 1.71. The van der Waals surface area contributed by atoms with Crippen LogP contribution < -0.4 is 5.32 Å². The van der Waals surface area contributed by atoms with E-state index in [1.54, 1.807) is 0 Å². The molecule has 3 aliphatic rings. The number of nitrogens with zero attached hydrogens (tertiary/aromatic N) is 1. The quantitative estimate of drug-likeness (QED) is 0.759. The number of nitrogens with one attached hydrogen (secondary N) is 1. The van der Waals surface area contributed by atoms with Crippen LogP contribution in [0.25, 0.3) is 0 Å². The summed E-state index contributed by atoms with van der Waals surface area (Å²) in [5, 5.41) is 3.54. The molecule has 0 spiro atoms. The first kappa shape index (κ1) is 10.1. The molecule has 1 aliphatic carbocycles. The van der Waals surface area contributed by atoms with Gasteiger partial charge in [0.15, 0.2) is 0 Å². The van der Waals surface area contributed by atoms with E-state index in [9.17, 15) is 0 Å². The topological polar surface area (TPSA) is 15.3 Å². The van der Waals surface area contributed by atoms with Gasteiger partial charge in [-0.1, -0.05) is 12.8 Å². The van der Waals surface area contributed by atoms with Gasteiger partial charge in [0.1, 0.15) is 0 Å². The van der Waals surface area contributed by atoms with Crippen molar-refractivity contribution in [1.29, 1.82) is 0 Å². The summed E-state index contributed by atoms with van der Waals surface area (Å²) in [4.78, 5) is 2.79. The Kier molecular flexibility index (Phi) is 2.52. The summed E-state index contributed by atoms with van der Waals surface area (Å²) in [6.07, 6.45) is 4.46. The molecular formula is C13H24N2. The van der Waals surface area contributed by atoms with Crippen LogP contribution in [0.15, 0.2) is 0 Å². The summed E-state index contributed by atoms with van der Waals surface area (Å²) in [7, 11) is 0. The monoisotopic (exact) mass is 208 g/mol. The maximum atomic E-state index is 3.54. The zero-order chi connectivity index (χ0) is 10.4. The van der Waals surface area contributed by atoms with E-state index in [1.165, 1.54) is 38.9 Å². The highest BCUT2D eigenvalue weighted by Gasteiger charge is 2.43. The van der Waals surface area contributed by atoms with Crippen molar-refractivity contribution in [3.63, 3.8) is 0 Å². The fourth-order valence-corrected chi connectivity index (χ4v) is 3.75. The normalized spacial score (nSPS) is 43.2. The second-order valence-corrected chi connectivity index (χ2v) is 6.05. The molecule has 4 unspecified atom stereocenters. The first-order valence-electron chi connectivity index (χ1n) is 6.72. The standard InChI is InChI=1S/C13H24N2/c1-9(5-11-3-4-11)15-8-12-6-14-7-13(12)10(15)2/h9-14H,3-8H2,1-2H3. The molecule has 2 aliphatic heterocycles. The molecule has 3 fully saturated rings. The first-order chi connectivity index (χ1) is 7.25. The van der Waals surface area contributed by atoms with Crippen LogP contribution in [0.2, 0.25) is 0 Å². The van der Waals surface area contributed by atoms with E-state index in [2.05, 4.69) is 24.1 Å². The molecule has 86 valence electrons. The molecule has 0 radical (unpaired) electrons. The minimum Gasteiger partial charge on any atom is -0.316 e. The van der Waals surface area contributed by atoms with E-state index < -0.39 is 0 Å². The van der Waals surface area contributed by atoms with Crippen LogP contribution in [0.4, 0.5) is 0 Å². The van der Waals surface area contributed by atoms with Crippen LogP contribution in [0, 0.1) is 17.8 Å². The minimum atomic E-state index is 0.818. The van der Waals surface area contributed by atoms with E-state index in [4.69, 9.17) is 0 Å². The summed E-state index contributed by atoms with van der Waals surface area (Å²) in [5.74, 6) is 2.96. The Morgan fingerprint density at radius 3 is 2.80 bits per heavy atom. The van der Waals surface area contributed by atoms with Gasteiger partial charge >= 0.3 is 0 Å². The molecule has 0 aromatic rings.